The van der Waals surface area contributed by atoms with Gasteiger partial charge in [-0.1, -0.05) is 12.1 Å². The van der Waals surface area contributed by atoms with Crippen molar-refractivity contribution in [2.45, 2.75) is 20.0 Å². The Morgan fingerprint density at radius 3 is 2.67 bits per heavy atom. The van der Waals surface area contributed by atoms with Crippen molar-refractivity contribution in [1.29, 1.82) is 0 Å². The van der Waals surface area contributed by atoms with Crippen LogP contribution in [0.25, 0.3) is 0 Å². The summed E-state index contributed by atoms with van der Waals surface area (Å²) in [6.45, 7) is 6.00. The molecule has 0 amide bonds. The molecule has 5 heteroatoms. The summed E-state index contributed by atoms with van der Waals surface area (Å²) in [6, 6.07) is 8.48. The van der Waals surface area contributed by atoms with Crippen LogP contribution in [0.5, 0.6) is 0 Å². The highest BCUT2D eigenvalue weighted by molar-refractivity contribution is 5.41. The standard InChI is InChI=1S/C16H18FN3O/c1-11-9-16(19-12(2)18-11)20-7-8-21-15(10-20)13-3-5-14(17)6-4-13/h3-6,9,15H,7-8,10H2,1-2H3/t15-/m0/s1. The molecule has 1 fully saturated rings. The summed E-state index contributed by atoms with van der Waals surface area (Å²) in [5, 5.41) is 0. The third-order valence-electron chi connectivity index (χ3n) is 3.58. The van der Waals surface area contributed by atoms with Gasteiger partial charge in [0.15, 0.2) is 0 Å². The highest BCUT2D eigenvalue weighted by atomic mass is 19.1. The van der Waals surface area contributed by atoms with Gasteiger partial charge in [0.25, 0.3) is 0 Å². The highest BCUT2D eigenvalue weighted by Gasteiger charge is 2.23. The van der Waals surface area contributed by atoms with Crippen molar-refractivity contribution in [2.75, 3.05) is 24.6 Å². The fraction of sp³-hybridized carbons (Fsp3) is 0.375. The molecular formula is C16H18FN3O. The van der Waals surface area contributed by atoms with Crippen molar-refractivity contribution in [3.05, 3.63) is 53.2 Å². The predicted octanol–water partition coefficient (Wildman–Crippen LogP) is 2.81. The molecule has 0 saturated carbocycles. The van der Waals surface area contributed by atoms with E-state index in [9.17, 15) is 4.39 Å². The Labute approximate surface area is 123 Å². The molecule has 0 bridgehead atoms. The molecule has 3 rings (SSSR count). The van der Waals surface area contributed by atoms with Crippen LogP contribution < -0.4 is 4.90 Å². The van der Waals surface area contributed by atoms with E-state index >= 15 is 0 Å². The van der Waals surface area contributed by atoms with Gasteiger partial charge in [0.05, 0.1) is 6.61 Å². The van der Waals surface area contributed by atoms with E-state index in [1.807, 2.05) is 19.9 Å². The number of halogens is 1. The lowest BCUT2D eigenvalue weighted by atomic mass is 10.1. The summed E-state index contributed by atoms with van der Waals surface area (Å²) in [5.74, 6) is 1.47. The smallest absolute Gasteiger partial charge is 0.132 e. The Balaban J connectivity index is 1.80. The number of hydrogen-bond donors (Lipinski definition) is 0. The van der Waals surface area contributed by atoms with Gasteiger partial charge < -0.3 is 9.64 Å². The average molecular weight is 287 g/mol. The summed E-state index contributed by atoms with van der Waals surface area (Å²) in [4.78, 5) is 11.0. The molecule has 1 aliphatic rings. The van der Waals surface area contributed by atoms with Gasteiger partial charge in [0.1, 0.15) is 23.6 Å². The SMILES string of the molecule is Cc1cc(N2CCO[C@H](c3ccc(F)cc3)C2)nc(C)n1. The number of benzene rings is 1. The van der Waals surface area contributed by atoms with Crippen LogP contribution in [-0.2, 0) is 4.74 Å². The van der Waals surface area contributed by atoms with E-state index in [1.165, 1.54) is 12.1 Å². The molecule has 1 aliphatic heterocycles. The van der Waals surface area contributed by atoms with E-state index in [-0.39, 0.29) is 11.9 Å². The third-order valence-corrected chi connectivity index (χ3v) is 3.58. The molecule has 0 radical (unpaired) electrons. The topological polar surface area (TPSA) is 38.2 Å². The van der Waals surface area contributed by atoms with Crippen molar-refractivity contribution < 1.29 is 9.13 Å². The fourth-order valence-corrected chi connectivity index (χ4v) is 2.60. The quantitative estimate of drug-likeness (QED) is 0.851. The maximum atomic E-state index is 13.0. The fourth-order valence-electron chi connectivity index (χ4n) is 2.60. The number of aromatic nitrogens is 2. The summed E-state index contributed by atoms with van der Waals surface area (Å²) < 4.78 is 18.8. The van der Waals surface area contributed by atoms with Crippen LogP contribution in [0.1, 0.15) is 23.2 Å². The van der Waals surface area contributed by atoms with Gasteiger partial charge >= 0.3 is 0 Å². The zero-order chi connectivity index (χ0) is 14.8. The summed E-state index contributed by atoms with van der Waals surface area (Å²) in [7, 11) is 0. The molecule has 2 heterocycles. The van der Waals surface area contributed by atoms with Crippen molar-refractivity contribution in [1.82, 2.24) is 9.97 Å². The molecular weight excluding hydrogens is 269 g/mol. The molecule has 1 aromatic carbocycles. The summed E-state index contributed by atoms with van der Waals surface area (Å²) in [5.41, 5.74) is 1.95. The number of anilines is 1. The van der Waals surface area contributed by atoms with Crippen molar-refractivity contribution in [2.24, 2.45) is 0 Å². The van der Waals surface area contributed by atoms with Crippen LogP contribution in [0.4, 0.5) is 10.2 Å². The molecule has 0 N–H and O–H groups in total. The van der Waals surface area contributed by atoms with Crippen LogP contribution in [0.15, 0.2) is 30.3 Å². The van der Waals surface area contributed by atoms with Crippen LogP contribution in [0.3, 0.4) is 0 Å². The number of hydrogen-bond acceptors (Lipinski definition) is 4. The first-order chi connectivity index (χ1) is 10.1. The van der Waals surface area contributed by atoms with E-state index < -0.39 is 0 Å². The van der Waals surface area contributed by atoms with Gasteiger partial charge in [0.2, 0.25) is 0 Å². The maximum Gasteiger partial charge on any atom is 0.132 e. The van der Waals surface area contributed by atoms with Crippen molar-refractivity contribution in [3.8, 4) is 0 Å². The Morgan fingerprint density at radius 1 is 1.19 bits per heavy atom. The molecule has 2 aromatic rings. The molecule has 0 spiro atoms. The third kappa shape index (κ3) is 3.19. The molecule has 1 saturated heterocycles. The number of rotatable bonds is 2. The van der Waals surface area contributed by atoms with Crippen LogP contribution >= 0.6 is 0 Å². The Kier molecular flexibility index (Phi) is 3.84. The number of nitrogens with zero attached hydrogens (tertiary/aromatic N) is 3. The second kappa shape index (κ2) is 5.77. The van der Waals surface area contributed by atoms with Gasteiger partial charge in [-0.3, -0.25) is 0 Å². The summed E-state index contributed by atoms with van der Waals surface area (Å²) >= 11 is 0. The second-order valence-electron chi connectivity index (χ2n) is 5.27. The first-order valence-electron chi connectivity index (χ1n) is 7.06. The molecule has 21 heavy (non-hydrogen) atoms. The van der Waals surface area contributed by atoms with Crippen molar-refractivity contribution >= 4 is 5.82 Å². The Morgan fingerprint density at radius 2 is 1.95 bits per heavy atom. The van der Waals surface area contributed by atoms with E-state index in [1.54, 1.807) is 12.1 Å². The van der Waals surface area contributed by atoms with Gasteiger partial charge in [0, 0.05) is 24.8 Å². The largest absolute Gasteiger partial charge is 0.370 e. The highest BCUT2D eigenvalue weighted by Crippen LogP contribution is 2.25. The molecule has 1 aromatic heterocycles. The molecule has 1 atom stereocenters. The zero-order valence-electron chi connectivity index (χ0n) is 12.2. The lowest BCUT2D eigenvalue weighted by molar-refractivity contribution is 0.0394. The monoisotopic (exact) mass is 287 g/mol. The molecule has 0 unspecified atom stereocenters. The second-order valence-corrected chi connectivity index (χ2v) is 5.27. The van der Waals surface area contributed by atoms with E-state index in [0.29, 0.717) is 13.2 Å². The average Bonchev–Trinajstić information content (AvgIpc) is 2.47. The minimum atomic E-state index is -0.228. The minimum Gasteiger partial charge on any atom is -0.370 e. The minimum absolute atomic E-state index is 0.0603. The lowest BCUT2D eigenvalue weighted by Crippen LogP contribution is -2.39. The van der Waals surface area contributed by atoms with Gasteiger partial charge in [-0.05, 0) is 31.5 Å². The Hall–Kier alpha value is -2.01. The van der Waals surface area contributed by atoms with Gasteiger partial charge in [-0.2, -0.15) is 0 Å². The van der Waals surface area contributed by atoms with Crippen LogP contribution in [-0.4, -0.2) is 29.7 Å². The summed E-state index contributed by atoms with van der Waals surface area (Å²) in [6.07, 6.45) is -0.0603. The lowest BCUT2D eigenvalue weighted by Gasteiger charge is -2.34. The van der Waals surface area contributed by atoms with E-state index in [0.717, 1.165) is 29.4 Å². The number of aryl methyl sites for hydroxylation is 2. The van der Waals surface area contributed by atoms with Crippen LogP contribution in [0, 0.1) is 19.7 Å². The number of ether oxygens (including phenoxy) is 1. The first-order valence-corrected chi connectivity index (χ1v) is 7.06. The predicted molar refractivity (Wildman–Crippen MR) is 78.8 cm³/mol. The maximum absolute atomic E-state index is 13.0. The van der Waals surface area contributed by atoms with Crippen molar-refractivity contribution in [3.63, 3.8) is 0 Å². The first kappa shape index (κ1) is 13.9. The van der Waals surface area contributed by atoms with Crippen LogP contribution in [0.2, 0.25) is 0 Å². The zero-order valence-corrected chi connectivity index (χ0v) is 12.2. The van der Waals surface area contributed by atoms with Gasteiger partial charge in [-0.15, -0.1) is 0 Å². The number of morpholine rings is 1. The molecule has 110 valence electrons. The molecule has 0 aliphatic carbocycles. The molecule has 4 nitrogen and oxygen atoms in total. The Bertz CT molecular complexity index is 610. The normalized spacial score (nSPS) is 18.8. The van der Waals surface area contributed by atoms with E-state index in [4.69, 9.17) is 4.74 Å². The van der Waals surface area contributed by atoms with Gasteiger partial charge in [-0.25, -0.2) is 14.4 Å². The van der Waals surface area contributed by atoms with E-state index in [2.05, 4.69) is 14.9 Å².